The summed E-state index contributed by atoms with van der Waals surface area (Å²) in [5, 5.41) is 9.07. The molecule has 0 saturated carbocycles. The van der Waals surface area contributed by atoms with Crippen LogP contribution in [0.4, 0.5) is 0 Å². The molecule has 1 atom stereocenters. The van der Waals surface area contributed by atoms with Crippen molar-refractivity contribution < 1.29 is 0 Å². The number of hydrogen-bond acceptors (Lipinski definition) is 3. The van der Waals surface area contributed by atoms with Crippen molar-refractivity contribution in [3.63, 3.8) is 0 Å². The van der Waals surface area contributed by atoms with Gasteiger partial charge in [0.1, 0.15) is 0 Å². The smallest absolute Gasteiger partial charge is 0.0994 e. The molecule has 2 nitrogen and oxygen atoms in total. The highest BCUT2D eigenvalue weighted by atomic mass is 32.2. The van der Waals surface area contributed by atoms with Crippen LogP contribution in [0, 0.1) is 11.3 Å². The maximum absolute atomic E-state index is 9.07. The first-order valence-electron chi connectivity index (χ1n) is 5.97. The molecule has 0 heterocycles. The third kappa shape index (κ3) is 2.83. The summed E-state index contributed by atoms with van der Waals surface area (Å²) < 4.78 is 3.75. The molecular weight excluding hydrogens is 228 g/mol. The average molecular weight is 246 g/mol. The lowest BCUT2D eigenvalue weighted by Crippen LogP contribution is -2.20. The first kappa shape index (κ1) is 12.5. The number of hydrogen-bond donors (Lipinski definition) is 1. The number of rotatable bonds is 2. The van der Waals surface area contributed by atoms with Crippen LogP contribution in [0.3, 0.4) is 0 Å². The van der Waals surface area contributed by atoms with E-state index in [1.807, 2.05) is 12.1 Å². The Morgan fingerprint density at radius 2 is 2.18 bits per heavy atom. The minimum Gasteiger partial charge on any atom is -0.256 e. The summed E-state index contributed by atoms with van der Waals surface area (Å²) in [7, 11) is 0. The Kier molecular flexibility index (Phi) is 3.46. The van der Waals surface area contributed by atoms with Gasteiger partial charge in [0, 0.05) is 10.8 Å². The molecule has 0 aliphatic heterocycles. The molecular formula is C14H18N2S. The van der Waals surface area contributed by atoms with E-state index in [0.29, 0.717) is 6.04 Å². The summed E-state index contributed by atoms with van der Waals surface area (Å²) in [6, 6.07) is 8.72. The summed E-state index contributed by atoms with van der Waals surface area (Å²) in [5.74, 6) is 0. The van der Waals surface area contributed by atoms with Crippen molar-refractivity contribution in [1.29, 1.82) is 5.26 Å². The van der Waals surface area contributed by atoms with Crippen molar-refractivity contribution in [3.8, 4) is 6.07 Å². The fourth-order valence-corrected chi connectivity index (χ4v) is 2.87. The van der Waals surface area contributed by atoms with Gasteiger partial charge in [0.2, 0.25) is 0 Å². The number of benzene rings is 1. The van der Waals surface area contributed by atoms with Crippen LogP contribution in [-0.4, -0.2) is 4.75 Å². The minimum absolute atomic E-state index is 0.218. The van der Waals surface area contributed by atoms with Crippen molar-refractivity contribution >= 4 is 11.9 Å². The molecule has 1 aliphatic rings. The van der Waals surface area contributed by atoms with E-state index in [1.165, 1.54) is 11.1 Å². The van der Waals surface area contributed by atoms with Gasteiger partial charge in [0.25, 0.3) is 0 Å². The van der Waals surface area contributed by atoms with Crippen LogP contribution in [0.25, 0.3) is 0 Å². The normalized spacial score (nSPS) is 18.8. The molecule has 1 aliphatic carbocycles. The first-order chi connectivity index (χ1) is 8.01. The van der Waals surface area contributed by atoms with Gasteiger partial charge in [-0.3, -0.25) is 4.72 Å². The summed E-state index contributed by atoms with van der Waals surface area (Å²) in [4.78, 5) is 0. The van der Waals surface area contributed by atoms with Crippen LogP contribution in [0.5, 0.6) is 0 Å². The SMILES string of the molecule is CC(C)(C)SNC1CCc2c(C#N)cccc21. The molecule has 0 amide bonds. The lowest BCUT2D eigenvalue weighted by Gasteiger charge is -2.22. The van der Waals surface area contributed by atoms with Crippen LogP contribution in [-0.2, 0) is 6.42 Å². The van der Waals surface area contributed by atoms with E-state index >= 15 is 0 Å². The highest BCUT2D eigenvalue weighted by Gasteiger charge is 2.25. The fourth-order valence-electron chi connectivity index (χ4n) is 2.13. The van der Waals surface area contributed by atoms with Crippen molar-refractivity contribution in [2.45, 2.75) is 44.4 Å². The number of nitriles is 1. The molecule has 0 spiro atoms. The second-order valence-corrected chi connectivity index (χ2v) is 7.07. The van der Waals surface area contributed by atoms with E-state index in [0.717, 1.165) is 18.4 Å². The zero-order chi connectivity index (χ0) is 12.5. The summed E-state index contributed by atoms with van der Waals surface area (Å²) in [6.45, 7) is 6.60. The zero-order valence-electron chi connectivity index (χ0n) is 10.6. The Morgan fingerprint density at radius 1 is 1.41 bits per heavy atom. The maximum atomic E-state index is 9.07. The monoisotopic (exact) mass is 246 g/mol. The topological polar surface area (TPSA) is 35.8 Å². The lowest BCUT2D eigenvalue weighted by molar-refractivity contribution is 0.656. The van der Waals surface area contributed by atoms with Crippen molar-refractivity contribution in [2.24, 2.45) is 0 Å². The first-order valence-corrected chi connectivity index (χ1v) is 6.78. The number of fused-ring (bicyclic) bond motifs is 1. The molecule has 0 saturated heterocycles. The molecule has 0 fully saturated rings. The van der Waals surface area contributed by atoms with Gasteiger partial charge in [-0.1, -0.05) is 24.1 Å². The molecule has 2 rings (SSSR count). The van der Waals surface area contributed by atoms with E-state index < -0.39 is 0 Å². The molecule has 90 valence electrons. The van der Waals surface area contributed by atoms with Crippen LogP contribution in [0.15, 0.2) is 18.2 Å². The average Bonchev–Trinajstić information content (AvgIpc) is 2.68. The Bertz CT molecular complexity index is 454. The van der Waals surface area contributed by atoms with Crippen LogP contribution in [0.1, 0.15) is 49.9 Å². The van der Waals surface area contributed by atoms with E-state index in [9.17, 15) is 0 Å². The molecule has 0 bridgehead atoms. The number of nitrogens with zero attached hydrogens (tertiary/aromatic N) is 1. The van der Waals surface area contributed by atoms with Crippen molar-refractivity contribution in [2.75, 3.05) is 0 Å². The Balaban J connectivity index is 2.15. The molecule has 1 aromatic carbocycles. The van der Waals surface area contributed by atoms with Gasteiger partial charge in [0.05, 0.1) is 11.6 Å². The minimum atomic E-state index is 0.218. The Morgan fingerprint density at radius 3 is 2.82 bits per heavy atom. The predicted molar refractivity (Wildman–Crippen MR) is 72.7 cm³/mol. The van der Waals surface area contributed by atoms with Crippen LogP contribution in [0.2, 0.25) is 0 Å². The van der Waals surface area contributed by atoms with Gasteiger partial charge in [-0.05, 0) is 50.8 Å². The van der Waals surface area contributed by atoms with Crippen LogP contribution >= 0.6 is 11.9 Å². The quantitative estimate of drug-likeness (QED) is 0.810. The Labute approximate surface area is 108 Å². The third-order valence-corrected chi connectivity index (χ3v) is 3.91. The highest BCUT2D eigenvalue weighted by Crippen LogP contribution is 2.35. The summed E-state index contributed by atoms with van der Waals surface area (Å²) in [6.07, 6.45) is 2.11. The maximum Gasteiger partial charge on any atom is 0.0994 e. The van der Waals surface area contributed by atoms with Gasteiger partial charge in [-0.25, -0.2) is 0 Å². The van der Waals surface area contributed by atoms with Crippen LogP contribution < -0.4 is 4.72 Å². The van der Waals surface area contributed by atoms with Gasteiger partial charge in [0.15, 0.2) is 0 Å². The van der Waals surface area contributed by atoms with Gasteiger partial charge in [-0.15, -0.1) is 0 Å². The fraction of sp³-hybridized carbons (Fsp3) is 0.500. The van der Waals surface area contributed by atoms with Gasteiger partial charge >= 0.3 is 0 Å². The Hall–Kier alpha value is -0.980. The molecule has 1 unspecified atom stereocenters. The molecule has 1 N–H and O–H groups in total. The second-order valence-electron chi connectivity index (χ2n) is 5.41. The second kappa shape index (κ2) is 4.72. The van der Waals surface area contributed by atoms with E-state index in [2.05, 4.69) is 37.6 Å². The van der Waals surface area contributed by atoms with Gasteiger partial charge < -0.3 is 0 Å². The molecule has 17 heavy (non-hydrogen) atoms. The molecule has 3 heteroatoms. The zero-order valence-corrected chi connectivity index (χ0v) is 11.4. The molecule has 0 radical (unpaired) electrons. The third-order valence-electron chi connectivity index (χ3n) is 2.90. The largest absolute Gasteiger partial charge is 0.256 e. The standard InChI is InChI=1S/C14H18N2S/c1-14(2,3)17-16-13-8-7-11-10(9-15)5-4-6-12(11)13/h4-6,13,16H,7-8H2,1-3H3. The van der Waals surface area contributed by atoms with E-state index in [1.54, 1.807) is 11.9 Å². The highest BCUT2D eigenvalue weighted by molar-refractivity contribution is 7.98. The molecule has 1 aromatic rings. The lowest BCUT2D eigenvalue weighted by atomic mass is 10.0. The predicted octanol–water partition coefficient (Wildman–Crippen LogP) is 3.58. The molecule has 0 aromatic heterocycles. The summed E-state index contributed by atoms with van der Waals surface area (Å²) in [5.41, 5.74) is 3.38. The van der Waals surface area contributed by atoms with E-state index in [4.69, 9.17) is 5.26 Å². The number of nitrogens with one attached hydrogen (secondary N) is 1. The van der Waals surface area contributed by atoms with Gasteiger partial charge in [-0.2, -0.15) is 5.26 Å². The van der Waals surface area contributed by atoms with E-state index in [-0.39, 0.29) is 4.75 Å². The summed E-state index contributed by atoms with van der Waals surface area (Å²) >= 11 is 1.77. The van der Waals surface area contributed by atoms with Crippen molar-refractivity contribution in [3.05, 3.63) is 34.9 Å². The van der Waals surface area contributed by atoms with Crippen molar-refractivity contribution in [1.82, 2.24) is 4.72 Å².